The smallest absolute Gasteiger partial charge is 0.328 e. The van der Waals surface area contributed by atoms with E-state index in [2.05, 4.69) is 27.0 Å². The van der Waals surface area contributed by atoms with Crippen molar-refractivity contribution in [1.29, 1.82) is 0 Å². The SMILES string of the molecule is C[C@@]1(O)CN(Cc2cccc3[nH]ccc23)CC[C@H]1n1ccc(=O)[nH]c1=O. The first kappa shape index (κ1) is 16.8. The maximum atomic E-state index is 12.1. The van der Waals surface area contributed by atoms with E-state index in [4.69, 9.17) is 0 Å². The second-order valence-electron chi connectivity index (χ2n) is 7.25. The van der Waals surface area contributed by atoms with Gasteiger partial charge in [0, 0.05) is 49.0 Å². The number of fused-ring (bicyclic) bond motifs is 1. The number of aromatic nitrogens is 3. The Balaban J connectivity index is 1.56. The quantitative estimate of drug-likeness (QED) is 0.659. The van der Waals surface area contributed by atoms with Gasteiger partial charge in [-0.3, -0.25) is 19.2 Å². The third-order valence-corrected chi connectivity index (χ3v) is 5.25. The number of nitrogens with one attached hydrogen (secondary N) is 2. The zero-order chi connectivity index (χ0) is 18.3. The molecular weight excluding hydrogens is 332 g/mol. The maximum Gasteiger partial charge on any atom is 0.328 e. The molecule has 1 aliphatic rings. The van der Waals surface area contributed by atoms with Crippen LogP contribution in [0, 0.1) is 0 Å². The lowest BCUT2D eigenvalue weighted by Crippen LogP contribution is -2.54. The van der Waals surface area contributed by atoms with Crippen molar-refractivity contribution < 1.29 is 5.11 Å². The van der Waals surface area contributed by atoms with Gasteiger partial charge in [0.15, 0.2) is 0 Å². The maximum absolute atomic E-state index is 12.1. The number of likely N-dealkylation sites (tertiary alicyclic amines) is 1. The highest BCUT2D eigenvalue weighted by Gasteiger charge is 2.39. The largest absolute Gasteiger partial charge is 0.387 e. The Morgan fingerprint density at radius 3 is 2.88 bits per heavy atom. The Labute approximate surface area is 149 Å². The van der Waals surface area contributed by atoms with E-state index in [1.165, 1.54) is 27.8 Å². The molecule has 2 aromatic heterocycles. The summed E-state index contributed by atoms with van der Waals surface area (Å²) in [4.78, 5) is 31.1. The zero-order valence-electron chi connectivity index (χ0n) is 14.6. The third kappa shape index (κ3) is 3.00. The number of rotatable bonds is 3. The summed E-state index contributed by atoms with van der Waals surface area (Å²) in [6, 6.07) is 9.18. The Bertz CT molecular complexity index is 1050. The number of piperidine rings is 1. The summed E-state index contributed by atoms with van der Waals surface area (Å²) in [6.07, 6.45) is 4.03. The number of β-amino-alcohol motifs (C(OH)–C–C–N with tert-alkyl or cyclic N) is 1. The molecule has 1 aliphatic heterocycles. The molecule has 7 nitrogen and oxygen atoms in total. The lowest BCUT2D eigenvalue weighted by atomic mass is 9.88. The van der Waals surface area contributed by atoms with Crippen molar-refractivity contribution in [3.05, 3.63) is 69.1 Å². The van der Waals surface area contributed by atoms with Gasteiger partial charge in [0.25, 0.3) is 5.56 Å². The van der Waals surface area contributed by atoms with Crippen molar-refractivity contribution >= 4 is 10.9 Å². The predicted molar refractivity (Wildman–Crippen MR) is 99.2 cm³/mol. The van der Waals surface area contributed by atoms with E-state index in [-0.39, 0.29) is 6.04 Å². The molecular formula is C19H22N4O3. The highest BCUT2D eigenvalue weighted by molar-refractivity contribution is 5.82. The number of aliphatic hydroxyl groups is 1. The molecule has 2 atom stereocenters. The van der Waals surface area contributed by atoms with E-state index in [1.54, 1.807) is 6.92 Å². The molecule has 0 radical (unpaired) electrons. The van der Waals surface area contributed by atoms with Gasteiger partial charge in [-0.1, -0.05) is 12.1 Å². The first-order valence-electron chi connectivity index (χ1n) is 8.75. The second kappa shape index (κ2) is 6.26. The van der Waals surface area contributed by atoms with Crippen LogP contribution in [0.25, 0.3) is 10.9 Å². The molecule has 1 fully saturated rings. The number of H-pyrrole nitrogens is 2. The van der Waals surface area contributed by atoms with Crippen molar-refractivity contribution in [2.24, 2.45) is 0 Å². The highest BCUT2D eigenvalue weighted by Crippen LogP contribution is 2.32. The molecule has 0 spiro atoms. The molecule has 4 rings (SSSR count). The average Bonchev–Trinajstić information content (AvgIpc) is 3.05. The predicted octanol–water partition coefficient (Wildman–Crippen LogP) is 1.22. The van der Waals surface area contributed by atoms with Crippen molar-refractivity contribution in [2.45, 2.75) is 31.5 Å². The van der Waals surface area contributed by atoms with Gasteiger partial charge in [-0.05, 0) is 31.0 Å². The molecule has 0 bridgehead atoms. The van der Waals surface area contributed by atoms with Crippen LogP contribution in [0.3, 0.4) is 0 Å². The van der Waals surface area contributed by atoms with Gasteiger partial charge in [0.05, 0.1) is 11.6 Å². The summed E-state index contributed by atoms with van der Waals surface area (Å²) in [5.41, 5.74) is 0.325. The van der Waals surface area contributed by atoms with Crippen LogP contribution in [0.2, 0.25) is 0 Å². The second-order valence-corrected chi connectivity index (χ2v) is 7.25. The number of hydrogen-bond donors (Lipinski definition) is 3. The van der Waals surface area contributed by atoms with Crippen molar-refractivity contribution in [3.8, 4) is 0 Å². The van der Waals surface area contributed by atoms with Crippen LogP contribution in [0.15, 0.2) is 52.3 Å². The lowest BCUT2D eigenvalue weighted by Gasteiger charge is -2.43. The zero-order valence-corrected chi connectivity index (χ0v) is 14.6. The Morgan fingerprint density at radius 1 is 1.27 bits per heavy atom. The van der Waals surface area contributed by atoms with Gasteiger partial charge < -0.3 is 10.1 Å². The standard InChI is InChI=1S/C19H22N4O3/c1-19(26)12-22(11-13-3-2-4-15-14(13)5-8-20-15)9-6-16(19)23-10-7-17(24)21-18(23)25/h2-5,7-8,10,16,20,26H,6,9,11-12H2,1H3,(H,21,24,25)/t16-,19-/m1/s1. The fraction of sp³-hybridized carbons (Fsp3) is 0.368. The molecule has 3 aromatic rings. The monoisotopic (exact) mass is 354 g/mol. The molecule has 0 saturated carbocycles. The summed E-state index contributed by atoms with van der Waals surface area (Å²) in [7, 11) is 0. The molecule has 136 valence electrons. The molecule has 7 heteroatoms. The molecule has 3 N–H and O–H groups in total. The van der Waals surface area contributed by atoms with Crippen molar-refractivity contribution in [2.75, 3.05) is 13.1 Å². The minimum absolute atomic E-state index is 0.369. The van der Waals surface area contributed by atoms with Crippen molar-refractivity contribution in [1.82, 2.24) is 19.4 Å². The van der Waals surface area contributed by atoms with Crippen LogP contribution in [0.5, 0.6) is 0 Å². The summed E-state index contributed by atoms with van der Waals surface area (Å²) in [6.45, 7) is 3.69. The minimum atomic E-state index is -1.08. The number of benzene rings is 1. The molecule has 1 saturated heterocycles. The first-order chi connectivity index (χ1) is 12.4. The van der Waals surface area contributed by atoms with E-state index in [0.29, 0.717) is 13.0 Å². The van der Waals surface area contributed by atoms with Gasteiger partial charge in [0.2, 0.25) is 0 Å². The Morgan fingerprint density at radius 2 is 2.12 bits per heavy atom. The number of aromatic amines is 2. The van der Waals surface area contributed by atoms with Crippen LogP contribution >= 0.6 is 0 Å². The topological polar surface area (TPSA) is 94.1 Å². The van der Waals surface area contributed by atoms with Gasteiger partial charge in [-0.2, -0.15) is 0 Å². The fourth-order valence-electron chi connectivity index (χ4n) is 4.03. The summed E-state index contributed by atoms with van der Waals surface area (Å²) < 4.78 is 1.44. The molecule has 0 amide bonds. The van der Waals surface area contributed by atoms with Gasteiger partial charge in [0.1, 0.15) is 0 Å². The number of hydrogen-bond acceptors (Lipinski definition) is 4. The van der Waals surface area contributed by atoms with Crippen LogP contribution in [-0.2, 0) is 6.54 Å². The van der Waals surface area contributed by atoms with Gasteiger partial charge in [-0.25, -0.2) is 4.79 Å². The molecule has 26 heavy (non-hydrogen) atoms. The van der Waals surface area contributed by atoms with Crippen LogP contribution in [0.4, 0.5) is 0 Å². The molecule has 3 heterocycles. The minimum Gasteiger partial charge on any atom is -0.387 e. The van der Waals surface area contributed by atoms with E-state index in [9.17, 15) is 14.7 Å². The summed E-state index contributed by atoms with van der Waals surface area (Å²) in [5, 5.41) is 12.2. The van der Waals surface area contributed by atoms with E-state index in [0.717, 1.165) is 18.6 Å². The van der Waals surface area contributed by atoms with E-state index in [1.807, 2.05) is 18.3 Å². The highest BCUT2D eigenvalue weighted by atomic mass is 16.3. The van der Waals surface area contributed by atoms with Crippen LogP contribution in [0.1, 0.15) is 24.9 Å². The average molecular weight is 354 g/mol. The molecule has 0 aliphatic carbocycles. The van der Waals surface area contributed by atoms with E-state index >= 15 is 0 Å². The number of nitrogens with zero attached hydrogens (tertiary/aromatic N) is 2. The Kier molecular flexibility index (Phi) is 4.05. The lowest BCUT2D eigenvalue weighted by molar-refractivity contribution is -0.0602. The van der Waals surface area contributed by atoms with E-state index < -0.39 is 16.9 Å². The summed E-state index contributed by atoms with van der Waals surface area (Å²) >= 11 is 0. The fourth-order valence-corrected chi connectivity index (χ4v) is 4.03. The summed E-state index contributed by atoms with van der Waals surface area (Å²) in [5.74, 6) is 0. The van der Waals surface area contributed by atoms with Crippen molar-refractivity contribution in [3.63, 3.8) is 0 Å². The first-order valence-corrected chi connectivity index (χ1v) is 8.75. The van der Waals surface area contributed by atoms with Crippen LogP contribution < -0.4 is 11.2 Å². The third-order valence-electron chi connectivity index (χ3n) is 5.25. The van der Waals surface area contributed by atoms with Gasteiger partial charge in [-0.15, -0.1) is 0 Å². The molecule has 0 unspecified atom stereocenters. The normalized spacial score (nSPS) is 24.2. The van der Waals surface area contributed by atoms with Gasteiger partial charge >= 0.3 is 5.69 Å². The molecule has 1 aromatic carbocycles. The van der Waals surface area contributed by atoms with Crippen LogP contribution in [-0.4, -0.2) is 43.2 Å². The Hall–Kier alpha value is -2.64.